The van der Waals surface area contributed by atoms with Crippen LogP contribution in [0.5, 0.6) is 5.75 Å². The lowest BCUT2D eigenvalue weighted by Crippen LogP contribution is -2.37. The number of hydrogen-bond donors (Lipinski definition) is 2. The van der Waals surface area contributed by atoms with E-state index in [-0.39, 0.29) is 17.6 Å². The van der Waals surface area contributed by atoms with E-state index in [2.05, 4.69) is 19.3 Å². The van der Waals surface area contributed by atoms with Gasteiger partial charge in [-0.05, 0) is 42.9 Å². The molecule has 3 N–H and O–H groups in total. The average molecular weight is 254 g/mol. The van der Waals surface area contributed by atoms with Gasteiger partial charge in [0, 0.05) is 6.04 Å². The van der Waals surface area contributed by atoms with Gasteiger partial charge in [-0.3, -0.25) is 11.3 Å². The molecule has 0 amide bonds. The molecule has 1 rings (SSSR count). The number of ether oxygens (including phenoxy) is 1. The van der Waals surface area contributed by atoms with E-state index in [1.54, 1.807) is 6.07 Å². The molecule has 0 heterocycles. The Hall–Kier alpha value is -1.13. The molecular formula is C14H23FN2O. The summed E-state index contributed by atoms with van der Waals surface area (Å²) in [5.74, 6) is 6.13. The number of nitrogens with one attached hydrogen (secondary N) is 1. The van der Waals surface area contributed by atoms with Crippen molar-refractivity contribution in [3.05, 3.63) is 29.6 Å². The van der Waals surface area contributed by atoms with E-state index in [0.717, 1.165) is 24.8 Å². The monoisotopic (exact) mass is 254 g/mol. The highest BCUT2D eigenvalue weighted by Crippen LogP contribution is 2.19. The predicted octanol–water partition coefficient (Wildman–Crippen LogP) is 2.64. The van der Waals surface area contributed by atoms with Crippen LogP contribution >= 0.6 is 0 Å². The first-order chi connectivity index (χ1) is 8.56. The third kappa shape index (κ3) is 4.63. The summed E-state index contributed by atoms with van der Waals surface area (Å²) < 4.78 is 18.4. The van der Waals surface area contributed by atoms with Crippen LogP contribution < -0.4 is 16.0 Å². The molecule has 0 saturated carbocycles. The summed E-state index contributed by atoms with van der Waals surface area (Å²) in [4.78, 5) is 0. The van der Waals surface area contributed by atoms with Crippen molar-refractivity contribution < 1.29 is 9.13 Å². The minimum atomic E-state index is -0.324. The van der Waals surface area contributed by atoms with Crippen molar-refractivity contribution in [3.63, 3.8) is 0 Å². The highest BCUT2D eigenvalue weighted by atomic mass is 19.1. The van der Waals surface area contributed by atoms with Gasteiger partial charge in [-0.1, -0.05) is 19.9 Å². The highest BCUT2D eigenvalue weighted by Gasteiger charge is 2.10. The Morgan fingerprint density at radius 3 is 2.56 bits per heavy atom. The maximum Gasteiger partial charge on any atom is 0.165 e. The predicted molar refractivity (Wildman–Crippen MR) is 71.8 cm³/mol. The molecule has 1 unspecified atom stereocenters. The van der Waals surface area contributed by atoms with Crippen LogP contribution in [0.15, 0.2) is 18.2 Å². The van der Waals surface area contributed by atoms with E-state index in [1.165, 1.54) is 13.2 Å². The zero-order valence-electron chi connectivity index (χ0n) is 11.4. The van der Waals surface area contributed by atoms with Crippen molar-refractivity contribution in [1.29, 1.82) is 0 Å². The van der Waals surface area contributed by atoms with Crippen molar-refractivity contribution >= 4 is 0 Å². The van der Waals surface area contributed by atoms with E-state index < -0.39 is 0 Å². The zero-order chi connectivity index (χ0) is 13.5. The standard InChI is InChI=1S/C14H23FN2O/c1-10(2)4-6-12(17-16)8-11-5-7-14(18-3)13(15)9-11/h5,7,9-10,12,17H,4,6,8,16H2,1-3H3. The Balaban J connectivity index is 2.61. The first-order valence-corrected chi connectivity index (χ1v) is 6.35. The molecule has 1 atom stereocenters. The van der Waals surface area contributed by atoms with Crippen LogP contribution in [0.3, 0.4) is 0 Å². The molecule has 1 aromatic carbocycles. The van der Waals surface area contributed by atoms with Gasteiger partial charge < -0.3 is 4.74 Å². The maximum atomic E-state index is 13.5. The van der Waals surface area contributed by atoms with Gasteiger partial charge in [-0.25, -0.2) is 4.39 Å². The summed E-state index contributed by atoms with van der Waals surface area (Å²) in [5.41, 5.74) is 3.73. The quantitative estimate of drug-likeness (QED) is 0.581. The normalized spacial score (nSPS) is 12.8. The summed E-state index contributed by atoms with van der Waals surface area (Å²) >= 11 is 0. The van der Waals surface area contributed by atoms with E-state index in [0.29, 0.717) is 5.92 Å². The molecule has 18 heavy (non-hydrogen) atoms. The Bertz CT molecular complexity index is 369. The Morgan fingerprint density at radius 2 is 2.06 bits per heavy atom. The number of benzene rings is 1. The summed E-state index contributed by atoms with van der Waals surface area (Å²) in [7, 11) is 1.46. The average Bonchev–Trinajstić information content (AvgIpc) is 2.34. The molecule has 0 bridgehead atoms. The molecule has 4 heteroatoms. The largest absolute Gasteiger partial charge is 0.494 e. The summed E-state index contributed by atoms with van der Waals surface area (Å²) in [5, 5.41) is 0. The Morgan fingerprint density at radius 1 is 1.33 bits per heavy atom. The van der Waals surface area contributed by atoms with E-state index in [4.69, 9.17) is 10.6 Å². The van der Waals surface area contributed by atoms with Crippen LogP contribution in [0.4, 0.5) is 4.39 Å². The minimum absolute atomic E-state index is 0.181. The number of halogens is 1. The van der Waals surface area contributed by atoms with Gasteiger partial charge in [0.1, 0.15) is 0 Å². The number of methoxy groups -OCH3 is 1. The topological polar surface area (TPSA) is 47.3 Å². The van der Waals surface area contributed by atoms with E-state index in [1.807, 2.05) is 6.07 Å². The van der Waals surface area contributed by atoms with E-state index in [9.17, 15) is 4.39 Å². The second-order valence-electron chi connectivity index (χ2n) is 5.01. The molecule has 0 fully saturated rings. The molecule has 0 saturated heterocycles. The third-order valence-electron chi connectivity index (χ3n) is 3.03. The van der Waals surface area contributed by atoms with Gasteiger partial charge in [0.05, 0.1) is 7.11 Å². The summed E-state index contributed by atoms with van der Waals surface area (Å²) in [6.07, 6.45) is 2.82. The zero-order valence-corrected chi connectivity index (χ0v) is 11.4. The van der Waals surface area contributed by atoms with Crippen molar-refractivity contribution in [2.45, 2.75) is 39.2 Å². The SMILES string of the molecule is COc1ccc(CC(CCC(C)C)NN)cc1F. The second-order valence-corrected chi connectivity index (χ2v) is 5.01. The van der Waals surface area contributed by atoms with Crippen molar-refractivity contribution in [2.24, 2.45) is 11.8 Å². The molecule has 0 radical (unpaired) electrons. The maximum absolute atomic E-state index is 13.5. The lowest BCUT2D eigenvalue weighted by molar-refractivity contribution is 0.385. The molecule has 0 aliphatic heterocycles. The molecule has 0 spiro atoms. The third-order valence-corrected chi connectivity index (χ3v) is 3.03. The Labute approximate surface area is 108 Å². The van der Waals surface area contributed by atoms with Crippen LogP contribution in [0.1, 0.15) is 32.3 Å². The van der Waals surface area contributed by atoms with Gasteiger partial charge in [0.15, 0.2) is 11.6 Å². The summed E-state index contributed by atoms with van der Waals surface area (Å²) in [6, 6.07) is 5.22. The smallest absolute Gasteiger partial charge is 0.165 e. The molecule has 0 aromatic heterocycles. The van der Waals surface area contributed by atoms with Gasteiger partial charge >= 0.3 is 0 Å². The minimum Gasteiger partial charge on any atom is -0.494 e. The Kier molecular flexibility index (Phi) is 6.09. The summed E-state index contributed by atoms with van der Waals surface area (Å²) in [6.45, 7) is 4.36. The number of rotatable bonds is 7. The molecule has 0 aliphatic rings. The van der Waals surface area contributed by atoms with Gasteiger partial charge in [-0.15, -0.1) is 0 Å². The van der Waals surface area contributed by atoms with Crippen LogP contribution in [0.25, 0.3) is 0 Å². The lowest BCUT2D eigenvalue weighted by atomic mass is 9.98. The number of hydrazine groups is 1. The molecule has 0 aliphatic carbocycles. The van der Waals surface area contributed by atoms with Crippen LogP contribution in [-0.4, -0.2) is 13.2 Å². The first-order valence-electron chi connectivity index (χ1n) is 6.35. The molecule has 3 nitrogen and oxygen atoms in total. The van der Waals surface area contributed by atoms with E-state index >= 15 is 0 Å². The van der Waals surface area contributed by atoms with Gasteiger partial charge in [0.2, 0.25) is 0 Å². The second kappa shape index (κ2) is 7.34. The van der Waals surface area contributed by atoms with Crippen molar-refractivity contribution in [2.75, 3.05) is 7.11 Å². The molecule has 102 valence electrons. The van der Waals surface area contributed by atoms with Crippen LogP contribution in [0, 0.1) is 11.7 Å². The number of hydrogen-bond acceptors (Lipinski definition) is 3. The lowest BCUT2D eigenvalue weighted by Gasteiger charge is -2.17. The fraction of sp³-hybridized carbons (Fsp3) is 0.571. The van der Waals surface area contributed by atoms with Crippen LogP contribution in [0.2, 0.25) is 0 Å². The van der Waals surface area contributed by atoms with Gasteiger partial charge in [-0.2, -0.15) is 0 Å². The van der Waals surface area contributed by atoms with Gasteiger partial charge in [0.25, 0.3) is 0 Å². The van der Waals surface area contributed by atoms with Crippen LogP contribution in [-0.2, 0) is 6.42 Å². The number of nitrogens with two attached hydrogens (primary N) is 1. The molecular weight excluding hydrogens is 231 g/mol. The fourth-order valence-electron chi connectivity index (χ4n) is 1.90. The van der Waals surface area contributed by atoms with Crippen molar-refractivity contribution in [1.82, 2.24) is 5.43 Å². The first kappa shape index (κ1) is 14.9. The fourth-order valence-corrected chi connectivity index (χ4v) is 1.90. The van der Waals surface area contributed by atoms with Crippen molar-refractivity contribution in [3.8, 4) is 5.75 Å². The molecule has 1 aromatic rings. The highest BCUT2D eigenvalue weighted by molar-refractivity contribution is 5.29.